The van der Waals surface area contributed by atoms with Crippen molar-refractivity contribution >= 4 is 23.3 Å². The number of hydrogen-bond donors (Lipinski definition) is 1. The van der Waals surface area contributed by atoms with Crippen LogP contribution < -0.4 is 10.3 Å². The lowest BCUT2D eigenvalue weighted by Gasteiger charge is -2.19. The van der Waals surface area contributed by atoms with Gasteiger partial charge in [-0.25, -0.2) is 5.01 Å². The Morgan fingerprint density at radius 3 is 1.74 bits per heavy atom. The van der Waals surface area contributed by atoms with Gasteiger partial charge in [0, 0.05) is 12.7 Å². The van der Waals surface area contributed by atoms with Crippen LogP contribution in [-0.2, 0) is 0 Å². The Kier molecular flexibility index (Phi) is 4.69. The second-order valence-electron chi connectivity index (χ2n) is 5.10. The Balaban J connectivity index is 1.91. The third kappa shape index (κ3) is 3.77. The Labute approximate surface area is 136 Å². The van der Waals surface area contributed by atoms with Gasteiger partial charge >= 0.3 is 0 Å². The van der Waals surface area contributed by atoms with Crippen LogP contribution in [0.15, 0.2) is 90.0 Å². The number of nitrogens with one attached hydrogen (secondary N) is 1. The number of para-hydroxylation sites is 2. The van der Waals surface area contributed by atoms with E-state index in [9.17, 15) is 0 Å². The lowest BCUT2D eigenvalue weighted by atomic mass is 10.2. The first-order chi connectivity index (χ1) is 11.4. The molecular formula is C20H19N3. The molecule has 0 atom stereocenters. The molecule has 0 spiro atoms. The van der Waals surface area contributed by atoms with Gasteiger partial charge in [-0.3, -0.25) is 0 Å². The maximum absolute atomic E-state index is 4.68. The van der Waals surface area contributed by atoms with E-state index in [1.807, 2.05) is 78.9 Å². The highest BCUT2D eigenvalue weighted by Gasteiger charge is 2.06. The summed E-state index contributed by atoms with van der Waals surface area (Å²) >= 11 is 0. The van der Waals surface area contributed by atoms with Crippen molar-refractivity contribution in [2.75, 3.05) is 17.4 Å². The third-order valence-electron chi connectivity index (χ3n) is 3.52. The maximum Gasteiger partial charge on any atom is 0.0652 e. The van der Waals surface area contributed by atoms with Crippen LogP contribution in [0.1, 0.15) is 5.56 Å². The second-order valence-corrected chi connectivity index (χ2v) is 5.10. The predicted molar refractivity (Wildman–Crippen MR) is 98.6 cm³/mol. The molecule has 0 aromatic heterocycles. The molecule has 0 fully saturated rings. The molecule has 1 N–H and O–H groups in total. The van der Waals surface area contributed by atoms with Crippen molar-refractivity contribution in [3.8, 4) is 0 Å². The molecule has 23 heavy (non-hydrogen) atoms. The van der Waals surface area contributed by atoms with E-state index in [-0.39, 0.29) is 0 Å². The first-order valence-corrected chi connectivity index (χ1v) is 7.59. The molecule has 0 aliphatic rings. The zero-order valence-electron chi connectivity index (χ0n) is 13.1. The number of rotatable bonds is 5. The highest BCUT2D eigenvalue weighted by Crippen LogP contribution is 2.25. The molecule has 0 unspecified atom stereocenters. The van der Waals surface area contributed by atoms with Gasteiger partial charge < -0.3 is 5.32 Å². The minimum Gasteiger partial charge on any atom is -0.388 e. The lowest BCUT2D eigenvalue weighted by molar-refractivity contribution is 1.09. The molecule has 0 radical (unpaired) electrons. The molecule has 0 aliphatic heterocycles. The highest BCUT2D eigenvalue weighted by molar-refractivity contribution is 5.82. The summed E-state index contributed by atoms with van der Waals surface area (Å²) in [6.07, 6.45) is 1.87. The van der Waals surface area contributed by atoms with Crippen molar-refractivity contribution in [2.24, 2.45) is 5.10 Å². The summed E-state index contributed by atoms with van der Waals surface area (Å²) in [5.41, 5.74) is 4.20. The molecule has 3 aromatic carbocycles. The van der Waals surface area contributed by atoms with Crippen molar-refractivity contribution in [1.82, 2.24) is 0 Å². The van der Waals surface area contributed by atoms with E-state index in [0.29, 0.717) is 0 Å². The van der Waals surface area contributed by atoms with Crippen LogP contribution in [0.2, 0.25) is 0 Å². The van der Waals surface area contributed by atoms with Gasteiger partial charge in [-0.15, -0.1) is 0 Å². The van der Waals surface area contributed by atoms with Crippen LogP contribution in [0, 0.1) is 0 Å². The summed E-state index contributed by atoms with van der Waals surface area (Å²) in [6, 6.07) is 28.4. The van der Waals surface area contributed by atoms with Crippen LogP contribution in [0.25, 0.3) is 0 Å². The largest absolute Gasteiger partial charge is 0.388 e. The van der Waals surface area contributed by atoms with Crippen molar-refractivity contribution in [3.63, 3.8) is 0 Å². The number of hydrazone groups is 1. The fourth-order valence-electron chi connectivity index (χ4n) is 2.28. The van der Waals surface area contributed by atoms with Gasteiger partial charge in [-0.2, -0.15) is 5.10 Å². The van der Waals surface area contributed by atoms with Gasteiger partial charge in [0.1, 0.15) is 0 Å². The third-order valence-corrected chi connectivity index (χ3v) is 3.52. The Morgan fingerprint density at radius 1 is 0.739 bits per heavy atom. The summed E-state index contributed by atoms with van der Waals surface area (Å²) in [5.74, 6) is 0. The normalized spacial score (nSPS) is 10.7. The Bertz CT molecular complexity index is 710. The van der Waals surface area contributed by atoms with E-state index >= 15 is 0 Å². The van der Waals surface area contributed by atoms with Crippen molar-refractivity contribution in [3.05, 3.63) is 90.5 Å². The summed E-state index contributed by atoms with van der Waals surface area (Å²) in [6.45, 7) is 0. The topological polar surface area (TPSA) is 27.6 Å². The Morgan fingerprint density at radius 2 is 1.26 bits per heavy atom. The van der Waals surface area contributed by atoms with Crippen LogP contribution in [0.3, 0.4) is 0 Å². The predicted octanol–water partition coefficient (Wildman–Crippen LogP) is 4.90. The summed E-state index contributed by atoms with van der Waals surface area (Å²) in [4.78, 5) is 0. The number of benzene rings is 3. The van der Waals surface area contributed by atoms with Gasteiger partial charge in [0.2, 0.25) is 0 Å². The second kappa shape index (κ2) is 7.27. The molecule has 0 amide bonds. The van der Waals surface area contributed by atoms with Crippen molar-refractivity contribution in [1.29, 1.82) is 0 Å². The van der Waals surface area contributed by atoms with Crippen molar-refractivity contribution < 1.29 is 0 Å². The molecule has 114 valence electrons. The van der Waals surface area contributed by atoms with Crippen LogP contribution in [0.5, 0.6) is 0 Å². The zero-order valence-corrected chi connectivity index (χ0v) is 13.1. The van der Waals surface area contributed by atoms with Gasteiger partial charge in [0.25, 0.3) is 0 Å². The van der Waals surface area contributed by atoms with Gasteiger partial charge in [0.05, 0.1) is 17.6 Å². The number of anilines is 3. The fourth-order valence-corrected chi connectivity index (χ4v) is 2.28. The zero-order chi connectivity index (χ0) is 15.9. The van der Waals surface area contributed by atoms with E-state index in [2.05, 4.69) is 34.7 Å². The SMILES string of the molecule is CNc1ccc(/C=N/N(c2ccccc2)c2ccccc2)cc1. The molecule has 3 rings (SSSR count). The minimum absolute atomic E-state index is 1.03. The van der Waals surface area contributed by atoms with Crippen molar-refractivity contribution in [2.45, 2.75) is 0 Å². The van der Waals surface area contributed by atoms with E-state index in [0.717, 1.165) is 22.6 Å². The molecule has 0 heterocycles. The fraction of sp³-hybridized carbons (Fsp3) is 0.0500. The van der Waals surface area contributed by atoms with E-state index in [1.165, 1.54) is 0 Å². The average molecular weight is 301 g/mol. The monoisotopic (exact) mass is 301 g/mol. The molecular weight excluding hydrogens is 282 g/mol. The molecule has 0 saturated heterocycles. The Hall–Kier alpha value is -3.07. The van der Waals surface area contributed by atoms with E-state index in [1.54, 1.807) is 0 Å². The van der Waals surface area contributed by atoms with Crippen LogP contribution in [0.4, 0.5) is 17.1 Å². The summed E-state index contributed by atoms with van der Waals surface area (Å²) < 4.78 is 0. The van der Waals surface area contributed by atoms with E-state index in [4.69, 9.17) is 0 Å². The smallest absolute Gasteiger partial charge is 0.0652 e. The first-order valence-electron chi connectivity index (χ1n) is 7.59. The quantitative estimate of drug-likeness (QED) is 0.536. The molecule has 0 saturated carbocycles. The van der Waals surface area contributed by atoms with Crippen LogP contribution >= 0.6 is 0 Å². The van der Waals surface area contributed by atoms with Gasteiger partial charge in [0.15, 0.2) is 0 Å². The number of nitrogens with zero attached hydrogens (tertiary/aromatic N) is 2. The maximum atomic E-state index is 4.68. The lowest BCUT2D eigenvalue weighted by Crippen LogP contribution is -2.09. The van der Waals surface area contributed by atoms with Gasteiger partial charge in [-0.05, 0) is 42.0 Å². The van der Waals surface area contributed by atoms with Gasteiger partial charge in [-0.1, -0.05) is 48.5 Å². The molecule has 3 heteroatoms. The molecule has 3 nitrogen and oxygen atoms in total. The summed E-state index contributed by atoms with van der Waals surface area (Å²) in [5, 5.41) is 9.73. The molecule has 0 aliphatic carbocycles. The van der Waals surface area contributed by atoms with Crippen LogP contribution in [-0.4, -0.2) is 13.3 Å². The minimum atomic E-state index is 1.03. The molecule has 3 aromatic rings. The highest BCUT2D eigenvalue weighted by atomic mass is 15.5. The molecule has 0 bridgehead atoms. The average Bonchev–Trinajstić information content (AvgIpc) is 2.64. The van der Waals surface area contributed by atoms with E-state index < -0.39 is 0 Å². The first kappa shape index (κ1) is 14.9. The summed E-state index contributed by atoms with van der Waals surface area (Å²) in [7, 11) is 1.91. The number of hydrogen-bond acceptors (Lipinski definition) is 3. The standard InChI is InChI=1S/C20H19N3/c1-21-18-14-12-17(13-15-18)16-22-23(19-8-4-2-5-9-19)20-10-6-3-7-11-20/h2-16,21H,1H3/b22-16+.